The lowest BCUT2D eigenvalue weighted by atomic mass is 9.61. The predicted octanol–water partition coefficient (Wildman–Crippen LogP) is 1.61. The van der Waals surface area contributed by atoms with Crippen LogP contribution in [-0.2, 0) is 16.0 Å². The lowest BCUT2D eigenvalue weighted by Gasteiger charge is -2.46. The third-order valence-corrected chi connectivity index (χ3v) is 7.40. The molecule has 30 heavy (non-hydrogen) atoms. The minimum atomic E-state index is -1.16. The van der Waals surface area contributed by atoms with Crippen LogP contribution in [0.5, 0.6) is 5.75 Å². The Bertz CT molecular complexity index is 1070. The normalized spacial score (nSPS) is 28.4. The fourth-order valence-corrected chi connectivity index (χ4v) is 5.90. The van der Waals surface area contributed by atoms with Crippen LogP contribution in [0.2, 0.25) is 0 Å². The van der Waals surface area contributed by atoms with Crippen LogP contribution in [0.1, 0.15) is 22.3 Å². The van der Waals surface area contributed by atoms with Crippen molar-refractivity contribution in [2.24, 2.45) is 23.5 Å². The molecule has 0 spiro atoms. The van der Waals surface area contributed by atoms with E-state index in [0.717, 1.165) is 3.57 Å². The fraction of sp³-hybridized carbons (Fsp3) is 0.381. The number of hydrogen-bond acceptors (Lipinski definition) is 7. The maximum Gasteiger partial charge on any atom is 0.255 e. The van der Waals surface area contributed by atoms with E-state index in [4.69, 9.17) is 5.73 Å². The molecule has 4 rings (SSSR count). The number of aromatic hydroxyl groups is 1. The number of benzene rings is 1. The average Bonchev–Trinajstić information content (AvgIpc) is 2.63. The Hall–Kier alpha value is -2.40. The van der Waals surface area contributed by atoms with Gasteiger partial charge < -0.3 is 21.1 Å². The van der Waals surface area contributed by atoms with Gasteiger partial charge in [0.15, 0.2) is 11.6 Å². The molecule has 1 amide bonds. The number of rotatable bonds is 2. The number of nitrogens with zero attached hydrogens (tertiary/aromatic N) is 1. The number of primary amides is 1. The lowest BCUT2D eigenvalue weighted by molar-refractivity contribution is -0.127. The largest absolute Gasteiger partial charge is 0.511 e. The Morgan fingerprint density at radius 3 is 2.43 bits per heavy atom. The van der Waals surface area contributed by atoms with Crippen molar-refractivity contribution in [3.05, 3.63) is 49.5 Å². The smallest absolute Gasteiger partial charge is 0.255 e. The number of phenolic OH excluding ortho intramolecular Hbond substituents is 1. The van der Waals surface area contributed by atoms with Crippen molar-refractivity contribution in [3.8, 4) is 5.75 Å². The molecule has 4 atom stereocenters. The van der Waals surface area contributed by atoms with Crippen molar-refractivity contribution in [2.45, 2.75) is 18.9 Å². The van der Waals surface area contributed by atoms with Crippen LogP contribution in [-0.4, -0.2) is 57.8 Å². The van der Waals surface area contributed by atoms with E-state index in [0.29, 0.717) is 18.4 Å². The molecular formula is C21H21IN2O6. The number of nitrogens with two attached hydrogens (primary N) is 1. The van der Waals surface area contributed by atoms with Gasteiger partial charge in [0.2, 0.25) is 0 Å². The number of carbonyl (C=O) groups is 3. The molecule has 158 valence electrons. The molecule has 3 aliphatic carbocycles. The van der Waals surface area contributed by atoms with E-state index in [1.165, 1.54) is 6.07 Å². The number of likely N-dealkylation sites (N-methyl/N-ethyl adjacent to an activating group) is 1. The zero-order chi connectivity index (χ0) is 22.1. The molecular weight excluding hydrogens is 503 g/mol. The zero-order valence-corrected chi connectivity index (χ0v) is 18.5. The van der Waals surface area contributed by atoms with Crippen LogP contribution in [0, 0.1) is 21.3 Å². The van der Waals surface area contributed by atoms with Gasteiger partial charge in [-0.3, -0.25) is 19.3 Å². The van der Waals surface area contributed by atoms with Crippen molar-refractivity contribution in [1.29, 1.82) is 0 Å². The molecule has 3 aliphatic rings. The van der Waals surface area contributed by atoms with Crippen LogP contribution >= 0.6 is 22.6 Å². The maximum absolute atomic E-state index is 13.3. The predicted molar refractivity (Wildman–Crippen MR) is 115 cm³/mol. The molecule has 0 fully saturated rings. The summed E-state index contributed by atoms with van der Waals surface area (Å²) >= 11 is 2.10. The minimum Gasteiger partial charge on any atom is -0.511 e. The van der Waals surface area contributed by atoms with Gasteiger partial charge in [-0.25, -0.2) is 0 Å². The summed E-state index contributed by atoms with van der Waals surface area (Å²) in [5.41, 5.74) is 5.74. The summed E-state index contributed by atoms with van der Waals surface area (Å²) in [6.07, 6.45) is 0.767. The molecule has 9 heteroatoms. The second kappa shape index (κ2) is 7.09. The molecule has 4 unspecified atom stereocenters. The molecule has 0 radical (unpaired) electrons. The highest BCUT2D eigenvalue weighted by Crippen LogP contribution is 2.50. The molecule has 5 N–H and O–H groups in total. The lowest BCUT2D eigenvalue weighted by Crippen LogP contribution is -2.53. The average molecular weight is 524 g/mol. The Labute approximate surface area is 186 Å². The van der Waals surface area contributed by atoms with Crippen LogP contribution in [0.15, 0.2) is 34.8 Å². The van der Waals surface area contributed by atoms with Gasteiger partial charge in [-0.15, -0.1) is 0 Å². The number of hydrogen-bond donors (Lipinski definition) is 4. The summed E-state index contributed by atoms with van der Waals surface area (Å²) in [6.45, 7) is 0. The van der Waals surface area contributed by atoms with E-state index in [-0.39, 0.29) is 22.8 Å². The van der Waals surface area contributed by atoms with E-state index >= 15 is 0 Å². The number of ketones is 2. The number of aliphatic hydroxyl groups excluding tert-OH is 2. The summed E-state index contributed by atoms with van der Waals surface area (Å²) in [4.78, 5) is 39.9. The molecule has 8 nitrogen and oxygen atoms in total. The Morgan fingerprint density at radius 1 is 1.17 bits per heavy atom. The van der Waals surface area contributed by atoms with E-state index in [2.05, 4.69) is 22.6 Å². The number of halogens is 1. The first kappa shape index (κ1) is 20.9. The highest BCUT2D eigenvalue weighted by Gasteiger charge is 2.54. The second-order valence-electron chi connectivity index (χ2n) is 8.22. The molecule has 0 aliphatic heterocycles. The number of allylic oxidation sites excluding steroid dienone is 2. The molecule has 0 saturated heterocycles. The molecule has 0 heterocycles. The van der Waals surface area contributed by atoms with E-state index < -0.39 is 52.4 Å². The summed E-state index contributed by atoms with van der Waals surface area (Å²) < 4.78 is 0.831. The van der Waals surface area contributed by atoms with Gasteiger partial charge in [-0.05, 0) is 79.1 Å². The Balaban J connectivity index is 1.92. The van der Waals surface area contributed by atoms with Crippen molar-refractivity contribution < 1.29 is 29.7 Å². The van der Waals surface area contributed by atoms with Crippen molar-refractivity contribution in [3.63, 3.8) is 0 Å². The monoisotopic (exact) mass is 524 g/mol. The first-order chi connectivity index (χ1) is 14.1. The first-order valence-electron chi connectivity index (χ1n) is 9.47. The van der Waals surface area contributed by atoms with Crippen LogP contribution in [0.4, 0.5) is 0 Å². The van der Waals surface area contributed by atoms with Crippen LogP contribution in [0.25, 0.3) is 0 Å². The van der Waals surface area contributed by atoms with Crippen molar-refractivity contribution in [1.82, 2.24) is 4.90 Å². The van der Waals surface area contributed by atoms with Gasteiger partial charge in [-0.2, -0.15) is 0 Å². The summed E-state index contributed by atoms with van der Waals surface area (Å²) in [6, 6.07) is 2.45. The van der Waals surface area contributed by atoms with Gasteiger partial charge >= 0.3 is 0 Å². The number of carbonyl (C=O) groups excluding carboxylic acids is 3. The Morgan fingerprint density at radius 2 is 1.83 bits per heavy atom. The number of Topliss-reactive ketones (excluding diaryl/α,β-unsaturated/α-hetero) is 2. The third kappa shape index (κ3) is 2.78. The van der Waals surface area contributed by atoms with Crippen LogP contribution < -0.4 is 5.73 Å². The van der Waals surface area contributed by atoms with Crippen molar-refractivity contribution in [2.75, 3.05) is 14.1 Å². The van der Waals surface area contributed by atoms with Crippen LogP contribution in [0.3, 0.4) is 0 Å². The van der Waals surface area contributed by atoms with Crippen molar-refractivity contribution >= 4 is 40.1 Å². The number of fused-ring (bicyclic) bond motifs is 3. The quantitative estimate of drug-likeness (QED) is 0.340. The van der Waals surface area contributed by atoms with Gasteiger partial charge in [0.05, 0.1) is 17.5 Å². The van der Waals surface area contributed by atoms with Gasteiger partial charge in [-0.1, -0.05) is 0 Å². The number of amides is 1. The SMILES string of the molecule is CN(C)C1C(O)=C(C(N)=O)C(=O)C2C(O)=C3C(=O)c4c(O)ccc(I)c4CC3CC21. The van der Waals surface area contributed by atoms with Gasteiger partial charge in [0, 0.05) is 9.14 Å². The molecule has 0 aromatic heterocycles. The number of phenols is 1. The highest BCUT2D eigenvalue weighted by atomic mass is 127. The Kier molecular flexibility index (Phi) is 4.93. The zero-order valence-electron chi connectivity index (χ0n) is 16.3. The summed E-state index contributed by atoms with van der Waals surface area (Å²) in [5, 5.41) is 32.0. The third-order valence-electron chi connectivity index (χ3n) is 6.39. The molecule has 1 aromatic rings. The standard InChI is InChI=1S/C21H21IN2O6/c1-24(2)16-9-6-7-5-8-10(22)3-4-11(25)13(8)17(26)12(7)18(27)14(9)19(28)15(20(16)29)21(23)30/h3-4,7,9,14,16,25,27,29H,5-6H2,1-2H3,(H2,23,30). The van der Waals surface area contributed by atoms with Gasteiger partial charge in [0.1, 0.15) is 22.8 Å². The van der Waals surface area contributed by atoms with Gasteiger partial charge in [0.25, 0.3) is 5.91 Å². The molecule has 0 saturated carbocycles. The summed E-state index contributed by atoms with van der Waals surface area (Å²) in [7, 11) is 3.40. The highest BCUT2D eigenvalue weighted by molar-refractivity contribution is 14.1. The number of aliphatic hydroxyl groups is 2. The van der Waals surface area contributed by atoms with E-state index in [1.54, 1.807) is 25.1 Å². The topological polar surface area (TPSA) is 141 Å². The first-order valence-corrected chi connectivity index (χ1v) is 10.6. The maximum atomic E-state index is 13.3. The minimum absolute atomic E-state index is 0.0946. The second-order valence-corrected chi connectivity index (χ2v) is 9.39. The molecule has 1 aromatic carbocycles. The summed E-state index contributed by atoms with van der Waals surface area (Å²) in [5.74, 6) is -5.40. The fourth-order valence-electron chi connectivity index (χ4n) is 5.23. The molecule has 0 bridgehead atoms. The van der Waals surface area contributed by atoms with E-state index in [1.807, 2.05) is 0 Å². The van der Waals surface area contributed by atoms with E-state index in [9.17, 15) is 29.7 Å².